The van der Waals surface area contributed by atoms with E-state index in [0.717, 1.165) is 13.1 Å². The molecule has 0 N–H and O–H groups in total. The lowest BCUT2D eigenvalue weighted by atomic mass is 9.98. The van der Waals surface area contributed by atoms with Gasteiger partial charge in [-0.2, -0.15) is 0 Å². The molecule has 1 aliphatic rings. The average Bonchev–Trinajstić information content (AvgIpc) is 2.58. The van der Waals surface area contributed by atoms with E-state index in [1.807, 2.05) is 0 Å². The molecule has 12 heavy (non-hydrogen) atoms. The van der Waals surface area contributed by atoms with Crippen molar-refractivity contribution in [2.45, 2.75) is 19.3 Å². The van der Waals surface area contributed by atoms with Gasteiger partial charge >= 0.3 is 0 Å². The van der Waals surface area contributed by atoms with E-state index in [1.165, 1.54) is 17.5 Å². The zero-order chi connectivity index (χ0) is 8.39. The first kappa shape index (κ1) is 7.81. The van der Waals surface area contributed by atoms with Gasteiger partial charge in [0.15, 0.2) is 0 Å². The SMILES string of the molecule is Cc1ccc(C2CC[N]C2)cc1. The highest BCUT2D eigenvalue weighted by molar-refractivity contribution is 5.25. The number of nitrogens with zero attached hydrogens (tertiary/aromatic N) is 1. The minimum atomic E-state index is 0.700. The molecule has 1 aromatic rings. The molecule has 1 unspecified atom stereocenters. The molecular weight excluding hydrogens is 146 g/mol. The summed E-state index contributed by atoms with van der Waals surface area (Å²) in [5, 5.41) is 4.36. The highest BCUT2D eigenvalue weighted by atomic mass is 14.9. The van der Waals surface area contributed by atoms with Crippen LogP contribution in [0, 0.1) is 6.92 Å². The van der Waals surface area contributed by atoms with Gasteiger partial charge < -0.3 is 0 Å². The highest BCUT2D eigenvalue weighted by Gasteiger charge is 2.16. The van der Waals surface area contributed by atoms with E-state index in [0.29, 0.717) is 5.92 Å². The predicted molar refractivity (Wildman–Crippen MR) is 50.4 cm³/mol. The monoisotopic (exact) mass is 160 g/mol. The van der Waals surface area contributed by atoms with Crippen LogP contribution in [0.2, 0.25) is 0 Å². The third-order valence-electron chi connectivity index (χ3n) is 2.53. The lowest BCUT2D eigenvalue weighted by Gasteiger charge is -2.07. The van der Waals surface area contributed by atoms with Crippen molar-refractivity contribution in [1.29, 1.82) is 0 Å². The van der Waals surface area contributed by atoms with E-state index in [-0.39, 0.29) is 0 Å². The van der Waals surface area contributed by atoms with Gasteiger partial charge in [0.05, 0.1) is 0 Å². The Labute approximate surface area is 73.8 Å². The van der Waals surface area contributed by atoms with Crippen LogP contribution in [0.5, 0.6) is 0 Å². The van der Waals surface area contributed by atoms with Crippen LogP contribution in [-0.4, -0.2) is 13.1 Å². The van der Waals surface area contributed by atoms with E-state index in [2.05, 4.69) is 36.5 Å². The van der Waals surface area contributed by atoms with E-state index < -0.39 is 0 Å². The van der Waals surface area contributed by atoms with Crippen molar-refractivity contribution in [3.63, 3.8) is 0 Å². The second kappa shape index (κ2) is 3.28. The Hall–Kier alpha value is -0.820. The third kappa shape index (κ3) is 1.51. The summed E-state index contributed by atoms with van der Waals surface area (Å²) in [5.41, 5.74) is 2.80. The molecule has 0 amide bonds. The van der Waals surface area contributed by atoms with Crippen LogP contribution in [0.1, 0.15) is 23.5 Å². The number of benzene rings is 1. The summed E-state index contributed by atoms with van der Waals surface area (Å²) in [4.78, 5) is 0. The van der Waals surface area contributed by atoms with Crippen LogP contribution in [0.4, 0.5) is 0 Å². The number of hydrogen-bond donors (Lipinski definition) is 0. The number of aryl methyl sites for hydroxylation is 1. The molecule has 1 aromatic carbocycles. The maximum absolute atomic E-state index is 4.36. The molecule has 1 radical (unpaired) electrons. The van der Waals surface area contributed by atoms with Crippen molar-refractivity contribution in [3.05, 3.63) is 35.4 Å². The van der Waals surface area contributed by atoms with Crippen molar-refractivity contribution >= 4 is 0 Å². The second-order valence-corrected chi connectivity index (χ2v) is 3.53. The Morgan fingerprint density at radius 2 is 2.00 bits per heavy atom. The Bertz CT molecular complexity index is 244. The molecule has 1 fully saturated rings. The second-order valence-electron chi connectivity index (χ2n) is 3.53. The van der Waals surface area contributed by atoms with Gasteiger partial charge in [-0.3, -0.25) is 0 Å². The molecule has 0 aliphatic carbocycles. The minimum absolute atomic E-state index is 0.700. The van der Waals surface area contributed by atoms with Gasteiger partial charge in [-0.1, -0.05) is 29.8 Å². The summed E-state index contributed by atoms with van der Waals surface area (Å²) in [5.74, 6) is 0.700. The molecule has 1 aliphatic heterocycles. The molecule has 1 heterocycles. The van der Waals surface area contributed by atoms with Gasteiger partial charge in [0, 0.05) is 13.1 Å². The average molecular weight is 160 g/mol. The molecule has 0 aromatic heterocycles. The maximum atomic E-state index is 4.36. The van der Waals surface area contributed by atoms with Gasteiger partial charge in [-0.15, -0.1) is 0 Å². The lowest BCUT2D eigenvalue weighted by Crippen LogP contribution is -2.00. The van der Waals surface area contributed by atoms with Crippen LogP contribution in [0.25, 0.3) is 0 Å². The molecule has 1 saturated heterocycles. The lowest BCUT2D eigenvalue weighted by molar-refractivity contribution is 0.759. The molecule has 0 bridgehead atoms. The smallest absolute Gasteiger partial charge is 0.0202 e. The fourth-order valence-electron chi connectivity index (χ4n) is 1.70. The summed E-state index contributed by atoms with van der Waals surface area (Å²) in [7, 11) is 0. The zero-order valence-corrected chi connectivity index (χ0v) is 7.46. The zero-order valence-electron chi connectivity index (χ0n) is 7.46. The molecule has 1 nitrogen and oxygen atoms in total. The van der Waals surface area contributed by atoms with Gasteiger partial charge in [0.1, 0.15) is 0 Å². The van der Waals surface area contributed by atoms with E-state index in [1.54, 1.807) is 0 Å². The summed E-state index contributed by atoms with van der Waals surface area (Å²) in [6.45, 7) is 4.21. The molecular formula is C11H14N. The number of rotatable bonds is 1. The normalized spacial score (nSPS) is 22.9. The summed E-state index contributed by atoms with van der Waals surface area (Å²) < 4.78 is 0. The van der Waals surface area contributed by atoms with Crippen LogP contribution >= 0.6 is 0 Å². The van der Waals surface area contributed by atoms with Gasteiger partial charge in [0.2, 0.25) is 0 Å². The first-order valence-corrected chi connectivity index (χ1v) is 4.56. The first-order valence-electron chi connectivity index (χ1n) is 4.56. The summed E-state index contributed by atoms with van der Waals surface area (Å²) >= 11 is 0. The van der Waals surface area contributed by atoms with Crippen molar-refractivity contribution in [2.24, 2.45) is 0 Å². The van der Waals surface area contributed by atoms with Crippen LogP contribution in [0.3, 0.4) is 0 Å². The fraction of sp³-hybridized carbons (Fsp3) is 0.455. The van der Waals surface area contributed by atoms with Gasteiger partial charge in [0.25, 0.3) is 0 Å². The Kier molecular flexibility index (Phi) is 2.13. The molecule has 2 rings (SSSR count). The van der Waals surface area contributed by atoms with E-state index >= 15 is 0 Å². The van der Waals surface area contributed by atoms with Crippen molar-refractivity contribution < 1.29 is 0 Å². The molecule has 0 spiro atoms. The summed E-state index contributed by atoms with van der Waals surface area (Å²) in [6.07, 6.45) is 1.24. The Morgan fingerprint density at radius 1 is 1.25 bits per heavy atom. The molecule has 1 atom stereocenters. The minimum Gasteiger partial charge on any atom is -0.241 e. The van der Waals surface area contributed by atoms with Crippen molar-refractivity contribution in [1.82, 2.24) is 5.32 Å². The van der Waals surface area contributed by atoms with Crippen LogP contribution in [-0.2, 0) is 0 Å². The van der Waals surface area contributed by atoms with Crippen LogP contribution in [0.15, 0.2) is 24.3 Å². The van der Waals surface area contributed by atoms with E-state index in [9.17, 15) is 0 Å². The largest absolute Gasteiger partial charge is 0.241 e. The standard InChI is InChI=1S/C11H14N/c1-9-2-4-10(5-3-9)11-6-7-12-8-11/h2-5,11H,6-8H2,1H3. The van der Waals surface area contributed by atoms with Crippen LogP contribution < -0.4 is 5.32 Å². The molecule has 1 heteroatoms. The highest BCUT2D eigenvalue weighted by Crippen LogP contribution is 2.22. The number of hydrogen-bond acceptors (Lipinski definition) is 0. The van der Waals surface area contributed by atoms with Crippen molar-refractivity contribution in [2.75, 3.05) is 13.1 Å². The maximum Gasteiger partial charge on any atom is 0.0202 e. The molecule has 63 valence electrons. The Balaban J connectivity index is 2.17. The third-order valence-corrected chi connectivity index (χ3v) is 2.53. The quantitative estimate of drug-likeness (QED) is 0.597. The van der Waals surface area contributed by atoms with Gasteiger partial charge in [-0.05, 0) is 24.8 Å². The van der Waals surface area contributed by atoms with Crippen molar-refractivity contribution in [3.8, 4) is 0 Å². The summed E-state index contributed by atoms with van der Waals surface area (Å²) in [6, 6.07) is 8.85. The first-order chi connectivity index (χ1) is 5.86. The van der Waals surface area contributed by atoms with E-state index in [4.69, 9.17) is 0 Å². The Morgan fingerprint density at radius 3 is 2.58 bits per heavy atom. The molecule has 0 saturated carbocycles. The predicted octanol–water partition coefficient (Wildman–Crippen LogP) is 2.09. The fourth-order valence-corrected chi connectivity index (χ4v) is 1.70. The van der Waals surface area contributed by atoms with Gasteiger partial charge in [-0.25, -0.2) is 5.32 Å². The topological polar surface area (TPSA) is 14.1 Å².